The summed E-state index contributed by atoms with van der Waals surface area (Å²) in [6.07, 6.45) is 4.93. The van der Waals surface area contributed by atoms with Crippen LogP contribution in [0.2, 0.25) is 0 Å². The predicted molar refractivity (Wildman–Crippen MR) is 74.4 cm³/mol. The maximum absolute atomic E-state index is 12.5. The Kier molecular flexibility index (Phi) is 3.42. The number of aliphatic carboxylic acids is 1. The van der Waals surface area contributed by atoms with Crippen molar-refractivity contribution in [3.05, 3.63) is 0 Å². The zero-order chi connectivity index (χ0) is 15.2. The van der Waals surface area contributed by atoms with Crippen molar-refractivity contribution in [3.8, 4) is 0 Å². The summed E-state index contributed by atoms with van der Waals surface area (Å²) in [5, 5.41) is 12.1. The molecule has 0 aromatic rings. The average Bonchev–Trinajstić information content (AvgIpc) is 3.33. The van der Waals surface area contributed by atoms with Gasteiger partial charge in [-0.3, -0.25) is 9.59 Å². The lowest BCUT2D eigenvalue weighted by Crippen LogP contribution is -2.58. The molecular weight excluding hydrogens is 272 g/mol. The molecule has 2 atom stereocenters. The Hall–Kier alpha value is -1.59. The summed E-state index contributed by atoms with van der Waals surface area (Å²) in [5.74, 6) is -1.13. The Morgan fingerprint density at radius 1 is 1.14 bits per heavy atom. The Balaban J connectivity index is 1.68. The molecule has 1 heterocycles. The van der Waals surface area contributed by atoms with Gasteiger partial charge in [0.2, 0.25) is 11.8 Å². The minimum Gasteiger partial charge on any atom is -0.480 e. The van der Waals surface area contributed by atoms with Crippen LogP contribution in [-0.4, -0.2) is 45.9 Å². The van der Waals surface area contributed by atoms with E-state index in [1.165, 1.54) is 0 Å². The molecule has 116 valence electrons. The molecule has 2 N–H and O–H groups in total. The second-order valence-electron chi connectivity index (χ2n) is 6.73. The van der Waals surface area contributed by atoms with Crippen LogP contribution in [0.4, 0.5) is 0 Å². The standard InChI is InChI=1S/C15H22N2O4/c1-15(14(20)21,10-6-7-10)16-12(18)11-3-2-8-17(11)13(19)9-4-5-9/h9-11H,2-8H2,1H3,(H,16,18)(H,20,21). The van der Waals surface area contributed by atoms with E-state index in [0.29, 0.717) is 13.0 Å². The van der Waals surface area contributed by atoms with Crippen LogP contribution >= 0.6 is 0 Å². The largest absolute Gasteiger partial charge is 0.480 e. The van der Waals surface area contributed by atoms with Crippen molar-refractivity contribution >= 4 is 17.8 Å². The number of hydrogen-bond donors (Lipinski definition) is 2. The van der Waals surface area contributed by atoms with Crippen LogP contribution in [0.25, 0.3) is 0 Å². The lowest BCUT2D eigenvalue weighted by molar-refractivity contribution is -0.149. The molecule has 3 fully saturated rings. The van der Waals surface area contributed by atoms with Gasteiger partial charge in [0.25, 0.3) is 0 Å². The van der Waals surface area contributed by atoms with Gasteiger partial charge in [0, 0.05) is 12.5 Å². The summed E-state index contributed by atoms with van der Waals surface area (Å²) in [4.78, 5) is 37.8. The highest BCUT2D eigenvalue weighted by atomic mass is 16.4. The second kappa shape index (κ2) is 5.00. The minimum atomic E-state index is -1.20. The van der Waals surface area contributed by atoms with Gasteiger partial charge in [0.1, 0.15) is 11.6 Å². The molecule has 21 heavy (non-hydrogen) atoms. The first-order chi connectivity index (χ1) is 9.93. The van der Waals surface area contributed by atoms with Crippen molar-refractivity contribution < 1.29 is 19.5 Å². The van der Waals surface area contributed by atoms with Gasteiger partial charge in [0.15, 0.2) is 0 Å². The predicted octanol–water partition coefficient (Wildman–Crippen LogP) is 0.757. The van der Waals surface area contributed by atoms with Crippen LogP contribution in [0.5, 0.6) is 0 Å². The van der Waals surface area contributed by atoms with Gasteiger partial charge in [-0.2, -0.15) is 0 Å². The van der Waals surface area contributed by atoms with Gasteiger partial charge in [-0.25, -0.2) is 4.79 Å². The van der Waals surface area contributed by atoms with Gasteiger partial charge in [-0.15, -0.1) is 0 Å². The van der Waals surface area contributed by atoms with E-state index >= 15 is 0 Å². The van der Waals surface area contributed by atoms with Crippen LogP contribution in [0, 0.1) is 11.8 Å². The summed E-state index contributed by atoms with van der Waals surface area (Å²) in [7, 11) is 0. The molecule has 6 nitrogen and oxygen atoms in total. The first kappa shape index (κ1) is 14.4. The third-order valence-corrected chi connectivity index (χ3v) is 4.99. The normalized spacial score (nSPS) is 28.0. The van der Waals surface area contributed by atoms with Gasteiger partial charge in [-0.1, -0.05) is 0 Å². The van der Waals surface area contributed by atoms with E-state index in [9.17, 15) is 19.5 Å². The highest BCUT2D eigenvalue weighted by Gasteiger charge is 2.50. The lowest BCUT2D eigenvalue weighted by atomic mass is 9.95. The fourth-order valence-electron chi connectivity index (χ4n) is 3.20. The summed E-state index contributed by atoms with van der Waals surface area (Å²) in [6.45, 7) is 2.19. The lowest BCUT2D eigenvalue weighted by Gasteiger charge is -2.30. The van der Waals surface area contributed by atoms with Gasteiger partial charge in [-0.05, 0) is 51.4 Å². The summed E-state index contributed by atoms with van der Waals surface area (Å²) in [5.41, 5.74) is -1.20. The van der Waals surface area contributed by atoms with Crippen molar-refractivity contribution in [1.82, 2.24) is 10.2 Å². The molecule has 2 unspecified atom stereocenters. The van der Waals surface area contributed by atoms with E-state index in [4.69, 9.17) is 0 Å². The molecule has 3 aliphatic rings. The SMILES string of the molecule is CC(NC(=O)C1CCCN1C(=O)C1CC1)(C(=O)O)C1CC1. The fourth-order valence-corrected chi connectivity index (χ4v) is 3.20. The van der Waals surface area contributed by atoms with Crippen molar-refractivity contribution in [2.75, 3.05) is 6.54 Å². The monoisotopic (exact) mass is 294 g/mol. The van der Waals surface area contributed by atoms with Crippen LogP contribution in [0.1, 0.15) is 45.4 Å². The number of carboxylic acid groups (broad SMARTS) is 1. The first-order valence-electron chi connectivity index (χ1n) is 7.79. The third-order valence-electron chi connectivity index (χ3n) is 4.99. The van der Waals surface area contributed by atoms with Crippen molar-refractivity contribution in [2.24, 2.45) is 11.8 Å². The van der Waals surface area contributed by atoms with Crippen LogP contribution in [0.3, 0.4) is 0 Å². The van der Waals surface area contributed by atoms with Crippen molar-refractivity contribution in [1.29, 1.82) is 0 Å². The summed E-state index contributed by atoms with van der Waals surface area (Å²) >= 11 is 0. The summed E-state index contributed by atoms with van der Waals surface area (Å²) in [6, 6.07) is -0.490. The van der Waals surface area contributed by atoms with Gasteiger partial charge < -0.3 is 15.3 Å². The zero-order valence-corrected chi connectivity index (χ0v) is 12.3. The van der Waals surface area contributed by atoms with E-state index < -0.39 is 17.6 Å². The molecule has 0 aromatic carbocycles. The highest BCUT2D eigenvalue weighted by Crippen LogP contribution is 2.40. The smallest absolute Gasteiger partial charge is 0.329 e. The molecule has 6 heteroatoms. The number of amides is 2. The van der Waals surface area contributed by atoms with Crippen LogP contribution in [-0.2, 0) is 14.4 Å². The Bertz CT molecular complexity index is 484. The molecule has 0 spiro atoms. The number of nitrogens with one attached hydrogen (secondary N) is 1. The number of carboxylic acids is 1. The average molecular weight is 294 g/mol. The molecule has 1 saturated heterocycles. The first-order valence-corrected chi connectivity index (χ1v) is 7.79. The Morgan fingerprint density at radius 2 is 1.81 bits per heavy atom. The number of hydrogen-bond acceptors (Lipinski definition) is 3. The molecule has 2 amide bonds. The molecular formula is C15H22N2O4. The van der Waals surface area contributed by atoms with Crippen molar-refractivity contribution in [2.45, 2.75) is 57.0 Å². The van der Waals surface area contributed by atoms with E-state index in [0.717, 1.165) is 32.1 Å². The zero-order valence-electron chi connectivity index (χ0n) is 12.3. The molecule has 1 aliphatic heterocycles. The van der Waals surface area contributed by atoms with Crippen molar-refractivity contribution in [3.63, 3.8) is 0 Å². The van der Waals surface area contributed by atoms with Gasteiger partial charge >= 0.3 is 5.97 Å². The molecule has 2 aliphatic carbocycles. The maximum Gasteiger partial charge on any atom is 0.329 e. The number of nitrogens with zero attached hydrogens (tertiary/aromatic N) is 1. The Morgan fingerprint density at radius 3 is 2.33 bits per heavy atom. The number of carbonyl (C=O) groups excluding carboxylic acids is 2. The van der Waals surface area contributed by atoms with E-state index in [2.05, 4.69) is 5.32 Å². The van der Waals surface area contributed by atoms with Crippen LogP contribution in [0.15, 0.2) is 0 Å². The topological polar surface area (TPSA) is 86.7 Å². The minimum absolute atomic E-state index is 0.00735. The fraction of sp³-hybridized carbons (Fsp3) is 0.800. The second-order valence-corrected chi connectivity index (χ2v) is 6.73. The molecule has 0 bridgehead atoms. The van der Waals surface area contributed by atoms with E-state index in [1.807, 2.05) is 0 Å². The quantitative estimate of drug-likeness (QED) is 0.783. The highest BCUT2D eigenvalue weighted by molar-refractivity contribution is 5.93. The number of carbonyl (C=O) groups is 3. The summed E-state index contributed by atoms with van der Waals surface area (Å²) < 4.78 is 0. The van der Waals surface area contributed by atoms with Gasteiger partial charge in [0.05, 0.1) is 0 Å². The maximum atomic E-state index is 12.5. The van der Waals surface area contributed by atoms with Crippen LogP contribution < -0.4 is 5.32 Å². The molecule has 0 aromatic heterocycles. The van der Waals surface area contributed by atoms with E-state index in [1.54, 1.807) is 11.8 Å². The third kappa shape index (κ3) is 2.63. The Labute approximate surface area is 123 Å². The number of likely N-dealkylation sites (tertiary alicyclic amines) is 1. The number of rotatable bonds is 5. The molecule has 2 saturated carbocycles. The van der Waals surface area contributed by atoms with E-state index in [-0.39, 0.29) is 23.7 Å². The molecule has 0 radical (unpaired) electrons. The molecule has 3 rings (SSSR count).